The molecule has 1 fully saturated rings. The monoisotopic (exact) mass is 455 g/mol. The van der Waals surface area contributed by atoms with Crippen LogP contribution in [0.2, 0.25) is 0 Å². The Balaban J connectivity index is 0.00000200. The fourth-order valence-corrected chi connectivity index (χ4v) is 2.34. The number of morpholine rings is 1. The first-order chi connectivity index (χ1) is 9.20. The molecule has 0 spiro atoms. The van der Waals surface area contributed by atoms with Crippen LogP contribution < -0.4 is 10.5 Å². The molecule has 0 amide bonds. The number of hydrogen-bond acceptors (Lipinski definition) is 3. The van der Waals surface area contributed by atoms with Gasteiger partial charge in [0, 0.05) is 23.1 Å². The molecule has 0 aromatic heterocycles. The highest BCUT2D eigenvalue weighted by atomic mass is 127. The summed E-state index contributed by atoms with van der Waals surface area (Å²) in [5.41, 5.74) is 7.00. The standard InChI is InChI=1S/C13H18BrN3O2.HI/c1-18-12-3-2-11(14)8-10(12)9-16-13(15)17-4-6-19-7-5-17;/h2-3,8H,4-7,9H2,1H3,(H2,15,16);1H. The van der Waals surface area contributed by atoms with E-state index in [0.717, 1.165) is 28.9 Å². The van der Waals surface area contributed by atoms with Crippen LogP contribution in [0.5, 0.6) is 5.75 Å². The van der Waals surface area contributed by atoms with Gasteiger partial charge in [-0.15, -0.1) is 24.0 Å². The third-order valence-corrected chi connectivity index (χ3v) is 3.48. The summed E-state index contributed by atoms with van der Waals surface area (Å²) < 4.78 is 11.6. The number of nitrogens with zero attached hydrogens (tertiary/aromatic N) is 2. The van der Waals surface area contributed by atoms with Gasteiger partial charge in [-0.05, 0) is 18.2 Å². The second kappa shape index (κ2) is 8.68. The van der Waals surface area contributed by atoms with Crippen LogP contribution in [0.15, 0.2) is 27.7 Å². The minimum absolute atomic E-state index is 0. The molecule has 20 heavy (non-hydrogen) atoms. The molecule has 2 rings (SSSR count). The van der Waals surface area contributed by atoms with Crippen molar-refractivity contribution >= 4 is 45.9 Å². The van der Waals surface area contributed by atoms with Gasteiger partial charge in [0.25, 0.3) is 0 Å². The molecule has 7 heteroatoms. The predicted octanol–water partition coefficient (Wildman–Crippen LogP) is 2.22. The Kier molecular flexibility index (Phi) is 7.60. The van der Waals surface area contributed by atoms with Crippen molar-refractivity contribution in [3.63, 3.8) is 0 Å². The number of hydrogen-bond donors (Lipinski definition) is 1. The summed E-state index contributed by atoms with van der Waals surface area (Å²) in [6, 6.07) is 5.85. The van der Waals surface area contributed by atoms with E-state index in [2.05, 4.69) is 20.9 Å². The number of guanidine groups is 1. The van der Waals surface area contributed by atoms with Crippen molar-refractivity contribution in [1.29, 1.82) is 0 Å². The molecule has 1 aliphatic rings. The lowest BCUT2D eigenvalue weighted by Crippen LogP contribution is -2.44. The zero-order valence-electron chi connectivity index (χ0n) is 11.3. The van der Waals surface area contributed by atoms with Crippen LogP contribution in [0, 0.1) is 0 Å². The molecule has 1 aromatic carbocycles. The normalized spacial score (nSPS) is 15.7. The van der Waals surface area contributed by atoms with Crippen molar-refractivity contribution in [2.45, 2.75) is 6.54 Å². The summed E-state index contributed by atoms with van der Waals surface area (Å²) in [6.45, 7) is 3.51. The number of methoxy groups -OCH3 is 1. The first-order valence-electron chi connectivity index (χ1n) is 6.15. The topological polar surface area (TPSA) is 60.1 Å². The van der Waals surface area contributed by atoms with E-state index in [9.17, 15) is 0 Å². The van der Waals surface area contributed by atoms with Gasteiger partial charge in [-0.3, -0.25) is 0 Å². The van der Waals surface area contributed by atoms with Crippen LogP contribution in [0.25, 0.3) is 0 Å². The molecular weight excluding hydrogens is 437 g/mol. The Morgan fingerprint density at radius 2 is 2.15 bits per heavy atom. The highest BCUT2D eigenvalue weighted by Crippen LogP contribution is 2.23. The molecule has 112 valence electrons. The van der Waals surface area contributed by atoms with Crippen molar-refractivity contribution in [2.75, 3.05) is 33.4 Å². The average Bonchev–Trinajstić information content (AvgIpc) is 2.46. The lowest BCUT2D eigenvalue weighted by Gasteiger charge is -2.27. The van der Waals surface area contributed by atoms with E-state index in [4.69, 9.17) is 15.2 Å². The maximum Gasteiger partial charge on any atom is 0.191 e. The number of rotatable bonds is 3. The third-order valence-electron chi connectivity index (χ3n) is 2.99. The van der Waals surface area contributed by atoms with Gasteiger partial charge in [-0.2, -0.15) is 0 Å². The zero-order valence-corrected chi connectivity index (χ0v) is 15.3. The molecule has 1 saturated heterocycles. The second-order valence-corrected chi connectivity index (χ2v) is 5.15. The molecule has 0 unspecified atom stereocenters. The van der Waals surface area contributed by atoms with Gasteiger partial charge in [0.05, 0.1) is 26.9 Å². The third kappa shape index (κ3) is 4.78. The number of aliphatic imine (C=N–C) groups is 1. The highest BCUT2D eigenvalue weighted by Gasteiger charge is 2.12. The van der Waals surface area contributed by atoms with Crippen LogP contribution in [0.4, 0.5) is 0 Å². The second-order valence-electron chi connectivity index (χ2n) is 4.23. The quantitative estimate of drug-likeness (QED) is 0.431. The van der Waals surface area contributed by atoms with Crippen LogP contribution in [0.3, 0.4) is 0 Å². The fourth-order valence-electron chi connectivity index (χ4n) is 1.93. The van der Waals surface area contributed by atoms with Crippen molar-refractivity contribution in [2.24, 2.45) is 10.7 Å². The van der Waals surface area contributed by atoms with Crippen molar-refractivity contribution in [1.82, 2.24) is 4.90 Å². The van der Waals surface area contributed by atoms with Gasteiger partial charge in [0.2, 0.25) is 0 Å². The van der Waals surface area contributed by atoms with Crippen LogP contribution in [-0.4, -0.2) is 44.3 Å². The van der Waals surface area contributed by atoms with Gasteiger partial charge in [-0.1, -0.05) is 15.9 Å². The van der Waals surface area contributed by atoms with E-state index in [1.54, 1.807) is 7.11 Å². The van der Waals surface area contributed by atoms with Crippen molar-refractivity contribution in [3.05, 3.63) is 28.2 Å². The smallest absolute Gasteiger partial charge is 0.191 e. The van der Waals surface area contributed by atoms with E-state index in [0.29, 0.717) is 25.7 Å². The maximum absolute atomic E-state index is 5.99. The lowest BCUT2D eigenvalue weighted by molar-refractivity contribution is 0.0674. The SMILES string of the molecule is COc1ccc(Br)cc1CN=C(N)N1CCOCC1.I. The van der Waals surface area contributed by atoms with Crippen LogP contribution >= 0.6 is 39.9 Å². The number of nitrogens with two attached hydrogens (primary N) is 1. The number of ether oxygens (including phenoxy) is 2. The average molecular weight is 456 g/mol. The van der Waals surface area contributed by atoms with Gasteiger partial charge >= 0.3 is 0 Å². The number of benzene rings is 1. The Hall–Kier alpha value is -0.540. The van der Waals surface area contributed by atoms with Gasteiger partial charge in [-0.25, -0.2) is 4.99 Å². The summed E-state index contributed by atoms with van der Waals surface area (Å²) >= 11 is 3.45. The van der Waals surface area contributed by atoms with E-state index in [1.165, 1.54) is 0 Å². The molecule has 0 radical (unpaired) electrons. The molecule has 0 bridgehead atoms. The Labute approximate surface area is 144 Å². The Morgan fingerprint density at radius 1 is 1.45 bits per heavy atom. The lowest BCUT2D eigenvalue weighted by atomic mass is 10.2. The minimum Gasteiger partial charge on any atom is -0.496 e. The van der Waals surface area contributed by atoms with Gasteiger partial charge < -0.3 is 20.1 Å². The molecular formula is C13H19BrIN3O2. The maximum atomic E-state index is 5.99. The van der Waals surface area contributed by atoms with E-state index >= 15 is 0 Å². The van der Waals surface area contributed by atoms with E-state index in [-0.39, 0.29) is 24.0 Å². The fraction of sp³-hybridized carbons (Fsp3) is 0.462. The van der Waals surface area contributed by atoms with E-state index < -0.39 is 0 Å². The van der Waals surface area contributed by atoms with Crippen LogP contribution in [-0.2, 0) is 11.3 Å². The van der Waals surface area contributed by atoms with Crippen LogP contribution in [0.1, 0.15) is 5.56 Å². The first kappa shape index (κ1) is 17.5. The minimum atomic E-state index is 0. The molecule has 0 saturated carbocycles. The molecule has 2 N–H and O–H groups in total. The molecule has 1 aliphatic heterocycles. The molecule has 5 nitrogen and oxygen atoms in total. The Morgan fingerprint density at radius 3 is 2.80 bits per heavy atom. The Bertz CT molecular complexity index is 465. The first-order valence-corrected chi connectivity index (χ1v) is 6.95. The van der Waals surface area contributed by atoms with Gasteiger partial charge in [0.1, 0.15) is 5.75 Å². The zero-order chi connectivity index (χ0) is 13.7. The van der Waals surface area contributed by atoms with Gasteiger partial charge in [0.15, 0.2) is 5.96 Å². The summed E-state index contributed by atoms with van der Waals surface area (Å²) in [5.74, 6) is 1.38. The highest BCUT2D eigenvalue weighted by molar-refractivity contribution is 14.0. The summed E-state index contributed by atoms with van der Waals surface area (Å²) in [5, 5.41) is 0. The van der Waals surface area contributed by atoms with Crippen molar-refractivity contribution in [3.8, 4) is 5.75 Å². The molecule has 0 atom stereocenters. The van der Waals surface area contributed by atoms with E-state index in [1.807, 2.05) is 23.1 Å². The number of halogens is 2. The molecule has 0 aliphatic carbocycles. The predicted molar refractivity (Wildman–Crippen MR) is 93.8 cm³/mol. The summed E-state index contributed by atoms with van der Waals surface area (Å²) in [6.07, 6.45) is 0. The summed E-state index contributed by atoms with van der Waals surface area (Å²) in [7, 11) is 1.65. The largest absolute Gasteiger partial charge is 0.496 e. The van der Waals surface area contributed by atoms with Crippen molar-refractivity contribution < 1.29 is 9.47 Å². The molecule has 1 heterocycles. The summed E-state index contributed by atoms with van der Waals surface area (Å²) in [4.78, 5) is 6.47. The molecule has 1 aromatic rings.